The lowest BCUT2D eigenvalue weighted by Crippen LogP contribution is -2.43. The number of nitrogens with zero attached hydrogens (tertiary/aromatic N) is 6. The van der Waals surface area contributed by atoms with Gasteiger partial charge >= 0.3 is 0 Å². The Bertz CT molecular complexity index is 1260. The van der Waals surface area contributed by atoms with Gasteiger partial charge in [0.25, 0.3) is 0 Å². The smallest absolute Gasteiger partial charge is 0.248 e. The van der Waals surface area contributed by atoms with Crippen LogP contribution in [0.5, 0.6) is 5.88 Å². The standard InChI is InChI=1S/C27H33N7O3/c1-18-12-21(14-29-27(18)37-3)34-11-7-23-22(15-34)26(31-17-30-23)19-4-8-28-24(13-19)32-20-5-9-33(10-6-20)25(35)16-36-2/h4,8,12-14,17,20H,5-7,9-11,15-16H2,1-3H3,(H,28,32). The molecule has 0 bridgehead atoms. The van der Waals surface area contributed by atoms with Crippen molar-refractivity contribution in [2.45, 2.75) is 38.8 Å². The normalized spacial score (nSPS) is 15.9. The van der Waals surface area contributed by atoms with E-state index in [1.165, 1.54) is 0 Å². The van der Waals surface area contributed by atoms with Crippen LogP contribution in [0.4, 0.5) is 11.5 Å². The third-order valence-electron chi connectivity index (χ3n) is 7.08. The van der Waals surface area contributed by atoms with Crippen molar-refractivity contribution < 1.29 is 14.3 Å². The van der Waals surface area contributed by atoms with Crippen molar-refractivity contribution in [1.29, 1.82) is 0 Å². The number of hydrogen-bond acceptors (Lipinski definition) is 9. The first-order valence-electron chi connectivity index (χ1n) is 12.6. The number of rotatable bonds is 7. The summed E-state index contributed by atoms with van der Waals surface area (Å²) in [5, 5.41) is 3.56. The first kappa shape index (κ1) is 24.9. The molecule has 5 heterocycles. The molecule has 2 aliphatic rings. The Balaban J connectivity index is 1.31. The van der Waals surface area contributed by atoms with Gasteiger partial charge in [-0.05, 0) is 38.0 Å². The van der Waals surface area contributed by atoms with E-state index in [1.54, 1.807) is 20.5 Å². The molecule has 5 rings (SSSR count). The van der Waals surface area contributed by atoms with Crippen LogP contribution in [-0.4, -0.2) is 77.2 Å². The Hall–Kier alpha value is -3.79. The summed E-state index contributed by atoms with van der Waals surface area (Å²) in [6.07, 6.45) is 7.92. The zero-order chi connectivity index (χ0) is 25.8. The summed E-state index contributed by atoms with van der Waals surface area (Å²) in [7, 11) is 3.19. The maximum atomic E-state index is 12.1. The summed E-state index contributed by atoms with van der Waals surface area (Å²) >= 11 is 0. The third kappa shape index (κ3) is 5.48. The van der Waals surface area contributed by atoms with Crippen molar-refractivity contribution in [3.05, 3.63) is 53.7 Å². The molecule has 0 radical (unpaired) electrons. The quantitative estimate of drug-likeness (QED) is 0.521. The van der Waals surface area contributed by atoms with Gasteiger partial charge in [0.2, 0.25) is 11.8 Å². The summed E-state index contributed by atoms with van der Waals surface area (Å²) in [5.41, 5.74) is 6.22. The molecule has 194 valence electrons. The van der Waals surface area contributed by atoms with Crippen LogP contribution in [-0.2, 0) is 22.5 Å². The summed E-state index contributed by atoms with van der Waals surface area (Å²) in [4.78, 5) is 34.5. The minimum absolute atomic E-state index is 0.0456. The Morgan fingerprint density at radius 3 is 2.70 bits per heavy atom. The molecular weight excluding hydrogens is 470 g/mol. The predicted molar refractivity (Wildman–Crippen MR) is 141 cm³/mol. The molecule has 0 spiro atoms. The zero-order valence-corrected chi connectivity index (χ0v) is 21.6. The van der Waals surface area contributed by atoms with Gasteiger partial charge < -0.3 is 24.6 Å². The average Bonchev–Trinajstić information content (AvgIpc) is 2.93. The van der Waals surface area contributed by atoms with E-state index in [0.717, 1.165) is 65.4 Å². The topological polar surface area (TPSA) is 106 Å². The number of piperidine rings is 1. The monoisotopic (exact) mass is 503 g/mol. The van der Waals surface area contributed by atoms with Gasteiger partial charge in [-0.15, -0.1) is 0 Å². The van der Waals surface area contributed by atoms with Crippen LogP contribution in [0.25, 0.3) is 11.3 Å². The molecular formula is C27H33N7O3. The van der Waals surface area contributed by atoms with Gasteiger partial charge in [0.1, 0.15) is 18.8 Å². The molecule has 0 aromatic carbocycles. The fourth-order valence-electron chi connectivity index (χ4n) is 5.10. The highest BCUT2D eigenvalue weighted by atomic mass is 16.5. The van der Waals surface area contributed by atoms with Crippen molar-refractivity contribution in [3.8, 4) is 17.1 Å². The number of aromatic nitrogens is 4. The predicted octanol–water partition coefficient (Wildman–Crippen LogP) is 2.86. The molecule has 0 unspecified atom stereocenters. The molecule has 1 amide bonds. The lowest BCUT2D eigenvalue weighted by atomic mass is 9.99. The van der Waals surface area contributed by atoms with E-state index in [0.29, 0.717) is 25.5 Å². The van der Waals surface area contributed by atoms with Gasteiger partial charge in [-0.3, -0.25) is 4.79 Å². The van der Waals surface area contributed by atoms with E-state index in [9.17, 15) is 4.79 Å². The highest BCUT2D eigenvalue weighted by molar-refractivity contribution is 5.77. The molecule has 0 saturated carbocycles. The van der Waals surface area contributed by atoms with Crippen LogP contribution in [0.15, 0.2) is 36.9 Å². The molecule has 0 aliphatic carbocycles. The van der Waals surface area contributed by atoms with E-state index in [2.05, 4.69) is 42.3 Å². The van der Waals surface area contributed by atoms with Crippen molar-refractivity contribution in [1.82, 2.24) is 24.8 Å². The number of aryl methyl sites for hydroxylation is 1. The van der Waals surface area contributed by atoms with Crippen LogP contribution >= 0.6 is 0 Å². The highest BCUT2D eigenvalue weighted by Crippen LogP contribution is 2.32. The number of amides is 1. The third-order valence-corrected chi connectivity index (χ3v) is 7.08. The van der Waals surface area contributed by atoms with Crippen LogP contribution in [0.1, 0.15) is 29.7 Å². The largest absolute Gasteiger partial charge is 0.481 e. The van der Waals surface area contributed by atoms with E-state index in [1.807, 2.05) is 30.3 Å². The Morgan fingerprint density at radius 1 is 1.11 bits per heavy atom. The van der Waals surface area contributed by atoms with Crippen LogP contribution in [0, 0.1) is 6.92 Å². The maximum absolute atomic E-state index is 12.1. The van der Waals surface area contributed by atoms with Gasteiger partial charge in [-0.25, -0.2) is 19.9 Å². The van der Waals surface area contributed by atoms with Crippen LogP contribution in [0.2, 0.25) is 0 Å². The van der Waals surface area contributed by atoms with Gasteiger partial charge in [-0.2, -0.15) is 0 Å². The minimum atomic E-state index is 0.0456. The minimum Gasteiger partial charge on any atom is -0.481 e. The van der Waals surface area contributed by atoms with Crippen molar-refractivity contribution in [2.75, 3.05) is 50.7 Å². The molecule has 3 aromatic rings. The number of pyridine rings is 2. The number of anilines is 2. The van der Waals surface area contributed by atoms with Crippen molar-refractivity contribution in [3.63, 3.8) is 0 Å². The second kappa shape index (κ2) is 11.1. The van der Waals surface area contributed by atoms with E-state index in [-0.39, 0.29) is 18.6 Å². The van der Waals surface area contributed by atoms with Crippen LogP contribution < -0.4 is 15.0 Å². The fourth-order valence-corrected chi connectivity index (χ4v) is 5.10. The first-order valence-corrected chi connectivity index (χ1v) is 12.6. The Labute approximate surface area is 217 Å². The molecule has 1 saturated heterocycles. The SMILES string of the molecule is COCC(=O)N1CCC(Nc2cc(-c3ncnc4c3CN(c3cnc(OC)c(C)c3)CC4)ccn2)CC1. The fraction of sp³-hybridized carbons (Fsp3) is 0.444. The summed E-state index contributed by atoms with van der Waals surface area (Å²) in [5.74, 6) is 1.51. The molecule has 1 N–H and O–H groups in total. The molecule has 0 atom stereocenters. The molecule has 3 aromatic heterocycles. The van der Waals surface area contributed by atoms with Gasteiger partial charge in [0.05, 0.1) is 30.4 Å². The second-order valence-corrected chi connectivity index (χ2v) is 9.50. The first-order chi connectivity index (χ1) is 18.1. The van der Waals surface area contributed by atoms with E-state index >= 15 is 0 Å². The highest BCUT2D eigenvalue weighted by Gasteiger charge is 2.25. The number of carbonyl (C=O) groups is 1. The zero-order valence-electron chi connectivity index (χ0n) is 21.6. The molecule has 10 heteroatoms. The van der Waals surface area contributed by atoms with Gasteiger partial charge in [0, 0.05) is 68.6 Å². The van der Waals surface area contributed by atoms with Gasteiger partial charge in [-0.1, -0.05) is 0 Å². The van der Waals surface area contributed by atoms with Crippen molar-refractivity contribution in [2.24, 2.45) is 0 Å². The number of hydrogen-bond donors (Lipinski definition) is 1. The molecule has 10 nitrogen and oxygen atoms in total. The maximum Gasteiger partial charge on any atom is 0.248 e. The molecule has 2 aliphatic heterocycles. The number of fused-ring (bicyclic) bond motifs is 1. The number of carbonyl (C=O) groups excluding carboxylic acids is 1. The van der Waals surface area contributed by atoms with Crippen LogP contribution in [0.3, 0.4) is 0 Å². The van der Waals surface area contributed by atoms with E-state index in [4.69, 9.17) is 9.47 Å². The molecule has 37 heavy (non-hydrogen) atoms. The van der Waals surface area contributed by atoms with E-state index < -0.39 is 0 Å². The summed E-state index contributed by atoms with van der Waals surface area (Å²) in [6.45, 7) is 5.15. The summed E-state index contributed by atoms with van der Waals surface area (Å²) < 4.78 is 10.3. The lowest BCUT2D eigenvalue weighted by Gasteiger charge is -2.32. The van der Waals surface area contributed by atoms with Crippen molar-refractivity contribution >= 4 is 17.4 Å². The number of methoxy groups -OCH3 is 2. The molecule has 1 fully saturated rings. The van der Waals surface area contributed by atoms with Gasteiger partial charge in [0.15, 0.2) is 0 Å². The number of ether oxygens (including phenoxy) is 2. The number of likely N-dealkylation sites (tertiary alicyclic amines) is 1. The number of nitrogens with one attached hydrogen (secondary N) is 1. The average molecular weight is 504 g/mol. The second-order valence-electron chi connectivity index (χ2n) is 9.50. The Kier molecular flexibility index (Phi) is 7.45. The summed E-state index contributed by atoms with van der Waals surface area (Å²) in [6, 6.07) is 6.43. The lowest BCUT2D eigenvalue weighted by molar-refractivity contribution is -0.136. The Morgan fingerprint density at radius 2 is 1.95 bits per heavy atom.